The number of aliphatic hydroxyl groups excluding tert-OH is 4. The summed E-state index contributed by atoms with van der Waals surface area (Å²) in [6, 6.07) is 11.4. The Kier molecular flexibility index (Phi) is 5.84. The van der Waals surface area contributed by atoms with Crippen LogP contribution in [0.5, 0.6) is 5.75 Å². The fraction of sp³-hybridized carbons (Fsp3) is 0.455. The molecule has 6 nitrogen and oxygen atoms in total. The molecule has 0 bridgehead atoms. The van der Waals surface area contributed by atoms with Crippen molar-refractivity contribution in [2.24, 2.45) is 0 Å². The van der Waals surface area contributed by atoms with Crippen molar-refractivity contribution in [3.05, 3.63) is 63.7 Å². The SMILES string of the molecule is CC1Cc2cc(Cc3cc(C4OC(CO)C(O)C(O)C4O)ccc3Cl)ccc2O1. The molecule has 4 rings (SSSR count). The van der Waals surface area contributed by atoms with E-state index in [9.17, 15) is 20.4 Å². The second-order valence-electron chi connectivity index (χ2n) is 7.85. The molecule has 29 heavy (non-hydrogen) atoms. The zero-order valence-electron chi connectivity index (χ0n) is 16.0. The highest BCUT2D eigenvalue weighted by Gasteiger charge is 2.44. The zero-order chi connectivity index (χ0) is 20.7. The fourth-order valence-electron chi connectivity index (χ4n) is 4.09. The van der Waals surface area contributed by atoms with Gasteiger partial charge in [0.05, 0.1) is 6.61 Å². The summed E-state index contributed by atoms with van der Waals surface area (Å²) in [5.74, 6) is 0.919. The van der Waals surface area contributed by atoms with E-state index in [2.05, 4.69) is 6.07 Å². The van der Waals surface area contributed by atoms with Crippen molar-refractivity contribution in [1.82, 2.24) is 0 Å². The van der Waals surface area contributed by atoms with Gasteiger partial charge >= 0.3 is 0 Å². The molecule has 2 aliphatic rings. The second kappa shape index (κ2) is 8.22. The maximum atomic E-state index is 10.4. The van der Waals surface area contributed by atoms with Crippen LogP contribution in [0.2, 0.25) is 5.02 Å². The van der Waals surface area contributed by atoms with Gasteiger partial charge in [0, 0.05) is 11.4 Å². The Bertz CT molecular complexity index is 886. The summed E-state index contributed by atoms with van der Waals surface area (Å²) in [5.41, 5.74) is 3.75. The van der Waals surface area contributed by atoms with E-state index in [1.165, 1.54) is 5.56 Å². The van der Waals surface area contributed by atoms with Crippen molar-refractivity contribution in [3.8, 4) is 5.75 Å². The number of rotatable bonds is 4. The van der Waals surface area contributed by atoms with Gasteiger partial charge in [-0.25, -0.2) is 0 Å². The summed E-state index contributed by atoms with van der Waals surface area (Å²) in [6.07, 6.45) is -4.29. The van der Waals surface area contributed by atoms with Gasteiger partial charge in [-0.3, -0.25) is 0 Å². The van der Waals surface area contributed by atoms with Crippen LogP contribution in [0.4, 0.5) is 0 Å². The smallest absolute Gasteiger partial charge is 0.123 e. The Balaban J connectivity index is 1.59. The topological polar surface area (TPSA) is 99.4 Å². The van der Waals surface area contributed by atoms with Gasteiger partial charge in [-0.1, -0.05) is 35.9 Å². The van der Waals surface area contributed by atoms with Gasteiger partial charge in [-0.15, -0.1) is 0 Å². The zero-order valence-corrected chi connectivity index (χ0v) is 16.8. The minimum Gasteiger partial charge on any atom is -0.490 e. The van der Waals surface area contributed by atoms with Gasteiger partial charge in [-0.05, 0) is 47.7 Å². The molecule has 0 radical (unpaired) electrons. The Labute approximate surface area is 174 Å². The number of benzene rings is 2. The first-order chi connectivity index (χ1) is 13.9. The van der Waals surface area contributed by atoms with E-state index in [1.807, 2.05) is 25.1 Å². The lowest BCUT2D eigenvalue weighted by atomic mass is 9.90. The lowest BCUT2D eigenvalue weighted by Crippen LogP contribution is -2.55. The number of hydrogen-bond donors (Lipinski definition) is 4. The number of fused-ring (bicyclic) bond motifs is 1. The summed E-state index contributed by atoms with van der Waals surface area (Å²) in [4.78, 5) is 0. The van der Waals surface area contributed by atoms with Crippen LogP contribution >= 0.6 is 11.6 Å². The van der Waals surface area contributed by atoms with Crippen LogP contribution in [-0.2, 0) is 17.6 Å². The van der Waals surface area contributed by atoms with E-state index in [1.54, 1.807) is 12.1 Å². The average Bonchev–Trinajstić information content (AvgIpc) is 3.07. The van der Waals surface area contributed by atoms with Crippen molar-refractivity contribution in [2.45, 2.75) is 56.4 Å². The standard InChI is InChI=1S/C22H25ClO6/c1-11-6-15-8-12(2-5-17(15)28-11)7-14-9-13(3-4-16(14)23)22-21(27)20(26)19(25)18(10-24)29-22/h2-5,8-9,11,18-22,24-27H,6-7,10H2,1H3. The molecule has 2 aliphatic heterocycles. The normalized spacial score (nSPS) is 31.4. The Morgan fingerprint density at radius 2 is 1.83 bits per heavy atom. The molecule has 1 fully saturated rings. The van der Waals surface area contributed by atoms with Crippen molar-refractivity contribution < 1.29 is 29.9 Å². The summed E-state index contributed by atoms with van der Waals surface area (Å²) in [7, 11) is 0. The highest BCUT2D eigenvalue weighted by molar-refractivity contribution is 6.31. The number of aliphatic hydroxyl groups is 4. The summed E-state index contributed by atoms with van der Waals surface area (Å²) >= 11 is 6.41. The van der Waals surface area contributed by atoms with Crippen LogP contribution in [0.25, 0.3) is 0 Å². The number of halogens is 1. The fourth-order valence-corrected chi connectivity index (χ4v) is 4.27. The molecule has 0 amide bonds. The van der Waals surface area contributed by atoms with Crippen LogP contribution in [0.3, 0.4) is 0 Å². The molecular weight excluding hydrogens is 396 g/mol. The molecule has 2 heterocycles. The summed E-state index contributed by atoms with van der Waals surface area (Å²) in [6.45, 7) is 1.58. The maximum Gasteiger partial charge on any atom is 0.123 e. The Morgan fingerprint density at radius 1 is 1.03 bits per heavy atom. The van der Waals surface area contributed by atoms with E-state index in [0.29, 0.717) is 17.0 Å². The van der Waals surface area contributed by atoms with Gasteiger partial charge in [-0.2, -0.15) is 0 Å². The minimum absolute atomic E-state index is 0.179. The first-order valence-electron chi connectivity index (χ1n) is 9.74. The first kappa shape index (κ1) is 20.6. The number of hydrogen-bond acceptors (Lipinski definition) is 6. The van der Waals surface area contributed by atoms with Gasteiger partial charge in [0.2, 0.25) is 0 Å². The Hall–Kier alpha value is -1.67. The van der Waals surface area contributed by atoms with Crippen LogP contribution in [-0.4, -0.2) is 57.6 Å². The lowest BCUT2D eigenvalue weighted by molar-refractivity contribution is -0.231. The maximum absolute atomic E-state index is 10.4. The molecule has 1 saturated heterocycles. The highest BCUT2D eigenvalue weighted by Crippen LogP contribution is 2.35. The molecule has 7 heteroatoms. The Morgan fingerprint density at radius 3 is 2.59 bits per heavy atom. The van der Waals surface area contributed by atoms with Gasteiger partial charge < -0.3 is 29.9 Å². The van der Waals surface area contributed by atoms with E-state index >= 15 is 0 Å². The average molecular weight is 421 g/mol. The van der Waals surface area contributed by atoms with Crippen molar-refractivity contribution in [3.63, 3.8) is 0 Å². The monoisotopic (exact) mass is 420 g/mol. The highest BCUT2D eigenvalue weighted by atomic mass is 35.5. The second-order valence-corrected chi connectivity index (χ2v) is 8.26. The van der Waals surface area contributed by atoms with E-state index in [-0.39, 0.29) is 6.10 Å². The first-order valence-corrected chi connectivity index (χ1v) is 10.1. The van der Waals surface area contributed by atoms with Gasteiger partial charge in [0.15, 0.2) is 0 Å². The summed E-state index contributed by atoms with van der Waals surface area (Å²) < 4.78 is 11.4. The molecule has 4 N–H and O–H groups in total. The van der Waals surface area contributed by atoms with Crippen LogP contribution in [0.1, 0.15) is 35.3 Å². The van der Waals surface area contributed by atoms with Crippen LogP contribution in [0.15, 0.2) is 36.4 Å². The molecule has 0 spiro atoms. The predicted octanol–water partition coefficient (Wildman–Crippen LogP) is 1.77. The third kappa shape index (κ3) is 4.01. The van der Waals surface area contributed by atoms with Crippen molar-refractivity contribution in [1.29, 1.82) is 0 Å². The molecular formula is C22H25ClO6. The molecule has 2 aromatic carbocycles. The van der Waals surface area contributed by atoms with Crippen LogP contribution in [0, 0.1) is 0 Å². The predicted molar refractivity (Wildman–Crippen MR) is 107 cm³/mol. The lowest BCUT2D eigenvalue weighted by Gasteiger charge is -2.40. The number of ether oxygens (including phenoxy) is 2. The minimum atomic E-state index is -1.41. The molecule has 156 valence electrons. The van der Waals surface area contributed by atoms with E-state index < -0.39 is 37.1 Å². The third-order valence-electron chi connectivity index (χ3n) is 5.65. The molecule has 6 atom stereocenters. The van der Waals surface area contributed by atoms with Crippen LogP contribution < -0.4 is 4.74 Å². The molecule has 6 unspecified atom stereocenters. The quantitative estimate of drug-likeness (QED) is 0.601. The molecule has 0 aromatic heterocycles. The third-order valence-corrected chi connectivity index (χ3v) is 6.01. The molecule has 0 saturated carbocycles. The molecule has 2 aromatic rings. The molecule has 0 aliphatic carbocycles. The van der Waals surface area contributed by atoms with Crippen molar-refractivity contribution in [2.75, 3.05) is 6.61 Å². The van der Waals surface area contributed by atoms with Crippen molar-refractivity contribution >= 4 is 11.6 Å². The van der Waals surface area contributed by atoms with Gasteiger partial charge in [0.25, 0.3) is 0 Å². The van der Waals surface area contributed by atoms with Gasteiger partial charge in [0.1, 0.15) is 42.4 Å². The largest absolute Gasteiger partial charge is 0.490 e. The van der Waals surface area contributed by atoms with E-state index in [0.717, 1.165) is 23.3 Å². The van der Waals surface area contributed by atoms with E-state index in [4.69, 9.17) is 21.1 Å². The summed E-state index contributed by atoms with van der Waals surface area (Å²) in [5, 5.41) is 40.4.